The first kappa shape index (κ1) is 22.1. The Bertz CT molecular complexity index is 385. The van der Waals surface area contributed by atoms with E-state index in [1.54, 1.807) is 0 Å². The molecule has 0 bridgehead atoms. The molecule has 1 aliphatic carbocycles. The van der Waals surface area contributed by atoms with E-state index in [1.807, 2.05) is 0 Å². The largest absolute Gasteiger partial charge is 0.301 e. The van der Waals surface area contributed by atoms with Gasteiger partial charge < -0.3 is 4.90 Å². The topological polar surface area (TPSA) is 13.0 Å². The van der Waals surface area contributed by atoms with Gasteiger partial charge in [0.25, 0.3) is 0 Å². The van der Waals surface area contributed by atoms with Crippen molar-refractivity contribution >= 4 is 0 Å². The van der Waals surface area contributed by atoms with Gasteiger partial charge in [0.1, 0.15) is 5.79 Å². The molecule has 2 aliphatic rings. The molecule has 0 amide bonds. The van der Waals surface area contributed by atoms with Gasteiger partial charge in [-0.05, 0) is 46.3 Å². The van der Waals surface area contributed by atoms with Crippen molar-refractivity contribution in [3.8, 4) is 0 Å². The first-order valence-corrected chi connectivity index (χ1v) is 11.4. The van der Waals surface area contributed by atoms with Crippen LogP contribution in [0.4, 0.5) is 0 Å². The Hall–Kier alpha value is -0.160. The van der Waals surface area contributed by atoms with Crippen molar-refractivity contribution in [3.05, 3.63) is 0 Å². The molecule has 2 rings (SSSR count). The summed E-state index contributed by atoms with van der Waals surface area (Å²) in [4.78, 5) is 11.0. The molecule has 2 fully saturated rings. The van der Waals surface area contributed by atoms with E-state index in [2.05, 4.69) is 61.4 Å². The SMILES string of the molecule is CCCN1CCN(CC)CCN(CCC)C1(N(C)C)C1(C)CCCCC1. The molecule has 1 saturated carbocycles. The van der Waals surface area contributed by atoms with E-state index < -0.39 is 0 Å². The Balaban J connectivity index is 2.52. The molecule has 1 heterocycles. The Labute approximate surface area is 163 Å². The number of likely N-dealkylation sites (N-methyl/N-ethyl adjacent to an activating group) is 1. The van der Waals surface area contributed by atoms with E-state index >= 15 is 0 Å². The molecular weight excluding hydrogens is 320 g/mol. The van der Waals surface area contributed by atoms with Gasteiger partial charge in [0.05, 0.1) is 0 Å². The average Bonchev–Trinajstić information content (AvgIpc) is 2.60. The summed E-state index contributed by atoms with van der Waals surface area (Å²) < 4.78 is 0. The Kier molecular flexibility index (Phi) is 8.39. The summed E-state index contributed by atoms with van der Waals surface area (Å²) in [5, 5.41) is 0. The van der Waals surface area contributed by atoms with Crippen molar-refractivity contribution < 1.29 is 0 Å². The van der Waals surface area contributed by atoms with Gasteiger partial charge in [-0.1, -0.05) is 47.0 Å². The smallest absolute Gasteiger partial charge is 0.136 e. The number of nitrogens with zero attached hydrogens (tertiary/aromatic N) is 4. The van der Waals surface area contributed by atoms with E-state index in [9.17, 15) is 0 Å². The highest BCUT2D eigenvalue weighted by molar-refractivity contribution is 5.04. The fourth-order valence-corrected chi connectivity index (χ4v) is 6.08. The molecule has 154 valence electrons. The molecule has 1 saturated heterocycles. The molecule has 0 N–H and O–H groups in total. The third-order valence-electron chi connectivity index (χ3n) is 7.08. The second-order valence-electron chi connectivity index (χ2n) is 9.06. The fraction of sp³-hybridized carbons (Fsp3) is 1.00. The van der Waals surface area contributed by atoms with Gasteiger partial charge in [-0.2, -0.15) is 0 Å². The van der Waals surface area contributed by atoms with Crippen molar-refractivity contribution in [3.63, 3.8) is 0 Å². The highest BCUT2D eigenvalue weighted by Gasteiger charge is 2.57. The number of hydrogen-bond acceptors (Lipinski definition) is 4. The Morgan fingerprint density at radius 2 is 1.27 bits per heavy atom. The van der Waals surface area contributed by atoms with Crippen LogP contribution in [0.1, 0.15) is 72.6 Å². The van der Waals surface area contributed by atoms with Crippen LogP contribution in [0.3, 0.4) is 0 Å². The highest BCUT2D eigenvalue weighted by Crippen LogP contribution is 2.50. The predicted octanol–water partition coefficient (Wildman–Crippen LogP) is 3.93. The Morgan fingerprint density at radius 1 is 0.769 bits per heavy atom. The molecule has 0 aromatic heterocycles. The lowest BCUT2D eigenvalue weighted by molar-refractivity contribution is -0.240. The number of rotatable bonds is 7. The van der Waals surface area contributed by atoms with Gasteiger partial charge in [0.2, 0.25) is 0 Å². The molecule has 0 atom stereocenters. The van der Waals surface area contributed by atoms with Crippen molar-refractivity contribution in [2.75, 3.05) is 59.9 Å². The van der Waals surface area contributed by atoms with E-state index in [0.717, 1.165) is 0 Å². The first-order chi connectivity index (χ1) is 12.5. The van der Waals surface area contributed by atoms with Crippen LogP contribution in [0, 0.1) is 5.41 Å². The predicted molar refractivity (Wildman–Crippen MR) is 113 cm³/mol. The quantitative estimate of drug-likeness (QED) is 0.677. The zero-order chi connectivity index (χ0) is 19.2. The standard InChI is InChI=1S/C22H46N4/c1-7-15-25-19-17-24(9-3)18-20-26(16-8-2)22(25,23(5)6)21(4)13-11-10-12-14-21/h7-20H2,1-6H3. The lowest BCUT2D eigenvalue weighted by Gasteiger charge is -2.65. The van der Waals surface area contributed by atoms with E-state index in [-0.39, 0.29) is 5.79 Å². The van der Waals surface area contributed by atoms with Gasteiger partial charge in [0, 0.05) is 44.7 Å². The molecule has 4 nitrogen and oxygen atoms in total. The molecule has 26 heavy (non-hydrogen) atoms. The molecule has 0 unspecified atom stereocenters. The summed E-state index contributed by atoms with van der Waals surface area (Å²) in [5.41, 5.74) is 0.341. The van der Waals surface area contributed by atoms with Crippen LogP contribution in [0.15, 0.2) is 0 Å². The van der Waals surface area contributed by atoms with E-state index in [1.165, 1.54) is 90.8 Å². The van der Waals surface area contributed by atoms with Crippen LogP contribution in [0.2, 0.25) is 0 Å². The Morgan fingerprint density at radius 3 is 1.65 bits per heavy atom. The third-order valence-corrected chi connectivity index (χ3v) is 7.08. The molecule has 0 aromatic carbocycles. The monoisotopic (exact) mass is 366 g/mol. The maximum atomic E-state index is 2.87. The second kappa shape index (κ2) is 9.86. The minimum atomic E-state index is 0.0548. The summed E-state index contributed by atoms with van der Waals surface area (Å²) in [6.07, 6.45) is 9.41. The lowest BCUT2D eigenvalue weighted by Crippen LogP contribution is -2.77. The summed E-state index contributed by atoms with van der Waals surface area (Å²) >= 11 is 0. The summed E-state index contributed by atoms with van der Waals surface area (Å²) in [7, 11) is 4.70. The van der Waals surface area contributed by atoms with Crippen molar-refractivity contribution in [1.82, 2.24) is 19.6 Å². The number of hydrogen-bond donors (Lipinski definition) is 0. The molecular formula is C22H46N4. The second-order valence-corrected chi connectivity index (χ2v) is 9.06. The van der Waals surface area contributed by atoms with Crippen molar-refractivity contribution in [2.45, 2.75) is 78.4 Å². The van der Waals surface area contributed by atoms with E-state index in [4.69, 9.17) is 0 Å². The van der Waals surface area contributed by atoms with Crippen LogP contribution in [-0.4, -0.2) is 85.3 Å². The zero-order valence-electron chi connectivity index (χ0n) is 18.7. The van der Waals surface area contributed by atoms with Crippen LogP contribution in [-0.2, 0) is 0 Å². The van der Waals surface area contributed by atoms with Gasteiger partial charge >= 0.3 is 0 Å². The van der Waals surface area contributed by atoms with Crippen molar-refractivity contribution in [2.24, 2.45) is 5.41 Å². The summed E-state index contributed by atoms with van der Waals surface area (Å²) in [6, 6.07) is 0. The van der Waals surface area contributed by atoms with Crippen molar-refractivity contribution in [1.29, 1.82) is 0 Å². The van der Waals surface area contributed by atoms with Crippen LogP contribution in [0.5, 0.6) is 0 Å². The van der Waals surface area contributed by atoms with Crippen LogP contribution >= 0.6 is 0 Å². The molecule has 1 aliphatic heterocycles. The first-order valence-electron chi connectivity index (χ1n) is 11.4. The minimum Gasteiger partial charge on any atom is -0.301 e. The summed E-state index contributed by atoms with van der Waals surface area (Å²) in [5.74, 6) is 0.0548. The summed E-state index contributed by atoms with van der Waals surface area (Å²) in [6.45, 7) is 18.0. The molecule has 4 heteroatoms. The normalized spacial score (nSPS) is 26.0. The fourth-order valence-electron chi connectivity index (χ4n) is 6.08. The maximum absolute atomic E-state index is 2.87. The molecule has 0 aromatic rings. The molecule has 0 spiro atoms. The third kappa shape index (κ3) is 4.14. The van der Waals surface area contributed by atoms with Gasteiger partial charge in [-0.3, -0.25) is 14.7 Å². The van der Waals surface area contributed by atoms with Crippen LogP contribution in [0.25, 0.3) is 0 Å². The van der Waals surface area contributed by atoms with Gasteiger partial charge in [-0.15, -0.1) is 0 Å². The average molecular weight is 367 g/mol. The van der Waals surface area contributed by atoms with Gasteiger partial charge in [-0.25, -0.2) is 0 Å². The lowest BCUT2D eigenvalue weighted by atomic mass is 9.68. The highest BCUT2D eigenvalue weighted by atomic mass is 15.6. The zero-order valence-corrected chi connectivity index (χ0v) is 18.7. The maximum Gasteiger partial charge on any atom is 0.136 e. The van der Waals surface area contributed by atoms with Crippen LogP contribution < -0.4 is 0 Å². The van der Waals surface area contributed by atoms with E-state index in [0.29, 0.717) is 5.41 Å². The van der Waals surface area contributed by atoms with Gasteiger partial charge in [0.15, 0.2) is 0 Å². The molecule has 0 radical (unpaired) electrons. The minimum absolute atomic E-state index is 0.0548.